The van der Waals surface area contributed by atoms with E-state index in [4.69, 9.17) is 0 Å². The Bertz CT molecular complexity index is 1490. The van der Waals surface area contributed by atoms with Gasteiger partial charge in [0.05, 0.1) is 10.4 Å². The molecule has 0 fully saturated rings. The number of hydrogen-bond donors (Lipinski definition) is 1. The zero-order chi connectivity index (χ0) is 21.4. The Morgan fingerprint density at radius 3 is 2.39 bits per heavy atom. The molecule has 0 saturated heterocycles. The van der Waals surface area contributed by atoms with Gasteiger partial charge in [-0.25, -0.2) is 13.4 Å². The Morgan fingerprint density at radius 1 is 0.903 bits per heavy atom. The lowest BCUT2D eigenvalue weighted by molar-refractivity contribution is 0.592. The molecule has 0 bridgehead atoms. The van der Waals surface area contributed by atoms with E-state index in [1.165, 1.54) is 22.2 Å². The van der Waals surface area contributed by atoms with Crippen molar-refractivity contribution >= 4 is 32.2 Å². The lowest BCUT2D eigenvalue weighted by atomic mass is 10.1. The molecular weight excluding hydrogens is 410 g/mol. The molecule has 5 aromatic rings. The predicted octanol–water partition coefficient (Wildman–Crippen LogP) is 4.03. The largest absolute Gasteiger partial charge is 0.365 e. The van der Waals surface area contributed by atoms with Crippen molar-refractivity contribution < 1.29 is 8.42 Å². The van der Waals surface area contributed by atoms with Crippen molar-refractivity contribution in [1.29, 1.82) is 0 Å². The second-order valence-corrected chi connectivity index (χ2v) is 9.13. The quantitative estimate of drug-likeness (QED) is 0.454. The number of sulfone groups is 1. The molecule has 2 heterocycles. The van der Waals surface area contributed by atoms with Gasteiger partial charge in [-0.05, 0) is 36.8 Å². The Hall–Kier alpha value is -3.78. The van der Waals surface area contributed by atoms with Gasteiger partial charge in [0, 0.05) is 11.9 Å². The Morgan fingerprint density at radius 2 is 1.61 bits per heavy atom. The van der Waals surface area contributed by atoms with Gasteiger partial charge in [0.2, 0.25) is 14.9 Å². The fourth-order valence-corrected chi connectivity index (χ4v) is 4.71. The maximum Gasteiger partial charge on any atom is 0.229 e. The molecule has 0 saturated carbocycles. The second-order valence-electron chi connectivity index (χ2n) is 7.26. The number of hydrogen-bond acceptors (Lipinski definition) is 6. The Balaban J connectivity index is 1.65. The van der Waals surface area contributed by atoms with Crippen LogP contribution in [0.4, 0.5) is 5.82 Å². The van der Waals surface area contributed by atoms with Crippen LogP contribution in [-0.2, 0) is 16.4 Å². The molecular formula is C23H19N5O2S. The molecule has 3 aromatic carbocycles. The van der Waals surface area contributed by atoms with Crippen LogP contribution in [-0.4, -0.2) is 28.2 Å². The van der Waals surface area contributed by atoms with Gasteiger partial charge >= 0.3 is 0 Å². The zero-order valence-corrected chi connectivity index (χ0v) is 17.5. The number of nitrogens with one attached hydrogen (secondary N) is 1. The number of benzene rings is 3. The monoisotopic (exact) mass is 429 g/mol. The van der Waals surface area contributed by atoms with Gasteiger partial charge in [0.25, 0.3) is 0 Å². The molecule has 0 amide bonds. The van der Waals surface area contributed by atoms with Gasteiger partial charge in [-0.15, -0.1) is 5.10 Å². The summed E-state index contributed by atoms with van der Waals surface area (Å²) in [6.45, 7) is 2.59. The number of fused-ring (bicyclic) bond motifs is 3. The van der Waals surface area contributed by atoms with Crippen LogP contribution in [0.1, 0.15) is 11.1 Å². The molecule has 8 heteroatoms. The highest BCUT2D eigenvalue weighted by Crippen LogP contribution is 2.28. The molecule has 0 aliphatic heterocycles. The standard InChI is InChI=1S/C23H19N5O2S/c1-16-11-13-17(14-12-16)15-24-21-19-9-5-6-10-20(19)28-22(25-21)23(26-27-28)31(29,30)18-7-3-2-4-8-18/h2-14H,15H2,1H3,(H,24,25). The molecule has 1 N–H and O–H groups in total. The van der Waals surface area contributed by atoms with E-state index in [9.17, 15) is 8.42 Å². The second kappa shape index (κ2) is 7.48. The van der Waals surface area contributed by atoms with Crippen molar-refractivity contribution in [2.45, 2.75) is 23.4 Å². The zero-order valence-electron chi connectivity index (χ0n) is 16.7. The van der Waals surface area contributed by atoms with Crippen molar-refractivity contribution in [3.05, 3.63) is 90.0 Å². The SMILES string of the molecule is Cc1ccc(CNc2nc3c(S(=O)(=O)c4ccccc4)nnn3c3ccccc23)cc1. The normalized spacial score (nSPS) is 11.8. The first-order valence-electron chi connectivity index (χ1n) is 9.78. The van der Waals surface area contributed by atoms with E-state index >= 15 is 0 Å². The number of rotatable bonds is 5. The van der Waals surface area contributed by atoms with Crippen LogP contribution < -0.4 is 5.32 Å². The maximum atomic E-state index is 13.2. The van der Waals surface area contributed by atoms with Crippen LogP contribution in [0.25, 0.3) is 16.6 Å². The van der Waals surface area contributed by atoms with E-state index in [2.05, 4.69) is 44.9 Å². The van der Waals surface area contributed by atoms with E-state index in [1.807, 2.05) is 31.2 Å². The fourth-order valence-electron chi connectivity index (χ4n) is 3.46. The molecule has 31 heavy (non-hydrogen) atoms. The summed E-state index contributed by atoms with van der Waals surface area (Å²) in [5, 5.41) is 12.1. The summed E-state index contributed by atoms with van der Waals surface area (Å²) < 4.78 is 27.9. The third-order valence-corrected chi connectivity index (χ3v) is 6.78. The van der Waals surface area contributed by atoms with Crippen LogP contribution in [0.3, 0.4) is 0 Å². The lowest BCUT2D eigenvalue weighted by Gasteiger charge is -2.11. The van der Waals surface area contributed by atoms with Crippen LogP contribution in [0, 0.1) is 6.92 Å². The van der Waals surface area contributed by atoms with Crippen molar-refractivity contribution in [3.8, 4) is 0 Å². The number of para-hydroxylation sites is 1. The van der Waals surface area contributed by atoms with Crippen molar-refractivity contribution in [2.24, 2.45) is 0 Å². The molecule has 0 aliphatic rings. The number of anilines is 1. The van der Waals surface area contributed by atoms with Crippen molar-refractivity contribution in [2.75, 3.05) is 5.32 Å². The van der Waals surface area contributed by atoms with Gasteiger partial charge in [-0.2, -0.15) is 4.52 Å². The highest BCUT2D eigenvalue weighted by molar-refractivity contribution is 7.91. The molecule has 0 atom stereocenters. The summed E-state index contributed by atoms with van der Waals surface area (Å²) in [5.74, 6) is 0.579. The lowest BCUT2D eigenvalue weighted by Crippen LogP contribution is -2.07. The van der Waals surface area contributed by atoms with E-state index in [-0.39, 0.29) is 15.6 Å². The van der Waals surface area contributed by atoms with Crippen LogP contribution in [0.2, 0.25) is 0 Å². The molecule has 154 valence electrons. The average molecular weight is 430 g/mol. The summed E-state index contributed by atoms with van der Waals surface area (Å²) in [7, 11) is -3.86. The molecule has 0 spiro atoms. The third kappa shape index (κ3) is 3.40. The average Bonchev–Trinajstić information content (AvgIpc) is 3.24. The highest BCUT2D eigenvalue weighted by Gasteiger charge is 2.26. The molecule has 2 aromatic heterocycles. The molecule has 7 nitrogen and oxygen atoms in total. The van der Waals surface area contributed by atoms with Gasteiger partial charge < -0.3 is 5.32 Å². The summed E-state index contributed by atoms with van der Waals surface area (Å²) >= 11 is 0. The molecule has 0 unspecified atom stereocenters. The first-order chi connectivity index (χ1) is 15.0. The minimum absolute atomic E-state index is 0.154. The third-order valence-electron chi connectivity index (χ3n) is 5.11. The van der Waals surface area contributed by atoms with Crippen molar-refractivity contribution in [1.82, 2.24) is 19.8 Å². The van der Waals surface area contributed by atoms with E-state index < -0.39 is 9.84 Å². The minimum atomic E-state index is -3.86. The summed E-state index contributed by atoms with van der Waals surface area (Å²) in [4.78, 5) is 4.79. The van der Waals surface area contributed by atoms with Crippen molar-refractivity contribution in [3.63, 3.8) is 0 Å². The van der Waals surface area contributed by atoms with Crippen LogP contribution in [0.5, 0.6) is 0 Å². The first kappa shape index (κ1) is 19.2. The molecule has 0 aliphatic carbocycles. The molecule has 0 radical (unpaired) electrons. The van der Waals surface area contributed by atoms with E-state index in [0.29, 0.717) is 12.4 Å². The topological polar surface area (TPSA) is 89.2 Å². The predicted molar refractivity (Wildman–Crippen MR) is 119 cm³/mol. The number of aromatic nitrogens is 4. The van der Waals surface area contributed by atoms with Gasteiger partial charge in [0.15, 0.2) is 5.65 Å². The summed E-state index contributed by atoms with van der Waals surface area (Å²) in [6.07, 6.45) is 0. The summed E-state index contributed by atoms with van der Waals surface area (Å²) in [6, 6.07) is 24.0. The van der Waals surface area contributed by atoms with E-state index in [1.54, 1.807) is 18.2 Å². The first-order valence-corrected chi connectivity index (χ1v) is 11.3. The van der Waals surface area contributed by atoms with Gasteiger partial charge in [-0.3, -0.25) is 0 Å². The highest BCUT2D eigenvalue weighted by atomic mass is 32.2. The maximum absolute atomic E-state index is 13.2. The summed E-state index contributed by atoms with van der Waals surface area (Å²) in [5.41, 5.74) is 3.20. The Kier molecular flexibility index (Phi) is 4.63. The van der Waals surface area contributed by atoms with Crippen LogP contribution >= 0.6 is 0 Å². The molecule has 5 rings (SSSR count). The van der Waals surface area contributed by atoms with E-state index in [0.717, 1.165) is 16.5 Å². The van der Waals surface area contributed by atoms with Gasteiger partial charge in [0.1, 0.15) is 5.82 Å². The minimum Gasteiger partial charge on any atom is -0.365 e. The number of aryl methyl sites for hydroxylation is 1. The smallest absolute Gasteiger partial charge is 0.229 e. The number of nitrogens with zero attached hydrogens (tertiary/aromatic N) is 4. The van der Waals surface area contributed by atoms with Crippen LogP contribution in [0.15, 0.2) is 88.8 Å². The van der Waals surface area contributed by atoms with Gasteiger partial charge in [-0.1, -0.05) is 65.4 Å². The Labute approximate surface area is 179 Å². The fraction of sp³-hybridized carbons (Fsp3) is 0.0870.